The molecule has 0 spiro atoms. The molecule has 0 radical (unpaired) electrons. The van der Waals surface area contributed by atoms with Crippen molar-refractivity contribution in [1.82, 2.24) is 5.32 Å². The fraction of sp³-hybridized carbons (Fsp3) is 0.462. The molecule has 0 fully saturated rings. The van der Waals surface area contributed by atoms with E-state index in [0.29, 0.717) is 6.42 Å². The van der Waals surface area contributed by atoms with E-state index < -0.39 is 0 Å². The minimum absolute atomic E-state index is 0.127. The van der Waals surface area contributed by atoms with Crippen LogP contribution >= 0.6 is 0 Å². The summed E-state index contributed by atoms with van der Waals surface area (Å²) < 4.78 is 0. The minimum Gasteiger partial charge on any atom is -0.359 e. The lowest BCUT2D eigenvalue weighted by Crippen LogP contribution is -2.16. The Morgan fingerprint density at radius 1 is 1.00 bits per heavy atom. The zero-order valence-corrected chi connectivity index (χ0v) is 10.3. The molecule has 0 aliphatic carbocycles. The first-order chi connectivity index (χ1) is 7.31. The predicted octanol–water partition coefficient (Wildman–Crippen LogP) is 3.25. The standard InChI is InChI=1S/C6H6.C5H11NO.C2H6/c1-2-4-6-5-3-1;1-3-4-5(7)6-2;1-2/h1-6H;3-4H2,1-2H3,(H,6,7);1-2H3. The summed E-state index contributed by atoms with van der Waals surface area (Å²) in [6.07, 6.45) is 1.58. The number of benzene rings is 1. The van der Waals surface area contributed by atoms with Gasteiger partial charge < -0.3 is 5.32 Å². The van der Waals surface area contributed by atoms with Crippen molar-refractivity contribution in [2.75, 3.05) is 7.05 Å². The van der Waals surface area contributed by atoms with Crippen molar-refractivity contribution in [3.8, 4) is 0 Å². The van der Waals surface area contributed by atoms with Crippen LogP contribution in [0, 0.1) is 0 Å². The van der Waals surface area contributed by atoms with Crippen LogP contribution in [0.4, 0.5) is 0 Å². The van der Waals surface area contributed by atoms with Gasteiger partial charge in [0.1, 0.15) is 0 Å². The van der Waals surface area contributed by atoms with Gasteiger partial charge in [0.15, 0.2) is 0 Å². The molecule has 15 heavy (non-hydrogen) atoms. The Balaban J connectivity index is 0. The van der Waals surface area contributed by atoms with E-state index in [2.05, 4.69) is 5.32 Å². The molecule has 1 aromatic carbocycles. The number of hydrogen-bond donors (Lipinski definition) is 1. The monoisotopic (exact) mass is 209 g/mol. The van der Waals surface area contributed by atoms with E-state index >= 15 is 0 Å². The lowest BCUT2D eigenvalue weighted by molar-refractivity contribution is -0.120. The Kier molecular flexibility index (Phi) is 16.3. The Morgan fingerprint density at radius 2 is 1.33 bits per heavy atom. The molecular formula is C13H23NO. The average Bonchev–Trinajstić information content (AvgIpc) is 2.35. The zero-order valence-electron chi connectivity index (χ0n) is 10.3. The van der Waals surface area contributed by atoms with E-state index in [0.717, 1.165) is 6.42 Å². The first-order valence-corrected chi connectivity index (χ1v) is 5.51. The molecule has 0 atom stereocenters. The van der Waals surface area contributed by atoms with Gasteiger partial charge in [0.25, 0.3) is 0 Å². The molecule has 0 bridgehead atoms. The molecule has 2 heteroatoms. The van der Waals surface area contributed by atoms with Crippen molar-refractivity contribution < 1.29 is 4.79 Å². The van der Waals surface area contributed by atoms with E-state index in [9.17, 15) is 4.79 Å². The van der Waals surface area contributed by atoms with E-state index in [4.69, 9.17) is 0 Å². The van der Waals surface area contributed by atoms with E-state index in [1.165, 1.54) is 0 Å². The van der Waals surface area contributed by atoms with Gasteiger partial charge in [0.05, 0.1) is 0 Å². The molecule has 1 N–H and O–H groups in total. The highest BCUT2D eigenvalue weighted by molar-refractivity contribution is 5.75. The van der Waals surface area contributed by atoms with Crippen molar-refractivity contribution >= 4 is 5.91 Å². The first kappa shape index (κ1) is 16.1. The van der Waals surface area contributed by atoms with Crippen molar-refractivity contribution in [2.24, 2.45) is 0 Å². The van der Waals surface area contributed by atoms with Crippen LogP contribution in [0.5, 0.6) is 0 Å². The molecule has 0 aromatic heterocycles. The van der Waals surface area contributed by atoms with Crippen LogP contribution in [0.3, 0.4) is 0 Å². The lowest BCUT2D eigenvalue weighted by Gasteiger charge is -1.91. The quantitative estimate of drug-likeness (QED) is 0.796. The maximum Gasteiger partial charge on any atom is 0.219 e. The summed E-state index contributed by atoms with van der Waals surface area (Å²) in [5, 5.41) is 2.53. The van der Waals surface area contributed by atoms with Gasteiger partial charge in [-0.15, -0.1) is 0 Å². The molecule has 0 aliphatic heterocycles. The van der Waals surface area contributed by atoms with Crippen LogP contribution in [-0.4, -0.2) is 13.0 Å². The summed E-state index contributed by atoms with van der Waals surface area (Å²) in [4.78, 5) is 10.3. The predicted molar refractivity (Wildman–Crippen MR) is 66.8 cm³/mol. The summed E-state index contributed by atoms with van der Waals surface area (Å²) in [5.41, 5.74) is 0. The highest BCUT2D eigenvalue weighted by Gasteiger charge is 1.89. The maximum absolute atomic E-state index is 10.3. The highest BCUT2D eigenvalue weighted by atomic mass is 16.1. The highest BCUT2D eigenvalue weighted by Crippen LogP contribution is 1.82. The fourth-order valence-electron chi connectivity index (χ4n) is 0.737. The van der Waals surface area contributed by atoms with Crippen LogP contribution in [0.1, 0.15) is 33.6 Å². The van der Waals surface area contributed by atoms with Gasteiger partial charge in [-0.2, -0.15) is 0 Å². The third kappa shape index (κ3) is 15.4. The molecule has 1 amide bonds. The Labute approximate surface area is 93.7 Å². The van der Waals surface area contributed by atoms with Crippen molar-refractivity contribution in [3.05, 3.63) is 36.4 Å². The van der Waals surface area contributed by atoms with Gasteiger partial charge in [0, 0.05) is 13.5 Å². The smallest absolute Gasteiger partial charge is 0.219 e. The molecule has 0 saturated carbocycles. The SMILES string of the molecule is CC.CCCC(=O)NC.c1ccccc1. The number of rotatable bonds is 2. The molecule has 1 rings (SSSR count). The molecule has 1 aromatic rings. The first-order valence-electron chi connectivity index (χ1n) is 5.51. The van der Waals surface area contributed by atoms with Crippen molar-refractivity contribution in [2.45, 2.75) is 33.6 Å². The number of hydrogen-bond acceptors (Lipinski definition) is 1. The van der Waals surface area contributed by atoms with Gasteiger partial charge in [0.2, 0.25) is 5.91 Å². The minimum atomic E-state index is 0.127. The summed E-state index contributed by atoms with van der Waals surface area (Å²) in [6.45, 7) is 5.98. The van der Waals surface area contributed by atoms with E-state index in [1.807, 2.05) is 57.2 Å². The second-order valence-electron chi connectivity index (χ2n) is 2.58. The Morgan fingerprint density at radius 3 is 1.47 bits per heavy atom. The zero-order chi connectivity index (χ0) is 11.9. The number of nitrogens with one attached hydrogen (secondary N) is 1. The van der Waals surface area contributed by atoms with E-state index in [1.54, 1.807) is 7.05 Å². The lowest BCUT2D eigenvalue weighted by atomic mass is 10.3. The normalized spacial score (nSPS) is 7.47. The molecule has 0 unspecified atom stereocenters. The molecule has 2 nitrogen and oxygen atoms in total. The molecule has 0 saturated heterocycles. The van der Waals surface area contributed by atoms with Gasteiger partial charge in [-0.3, -0.25) is 4.79 Å². The second-order valence-corrected chi connectivity index (χ2v) is 2.58. The second kappa shape index (κ2) is 15.2. The molecule has 0 aliphatic rings. The van der Waals surface area contributed by atoms with Crippen LogP contribution in [0.15, 0.2) is 36.4 Å². The summed E-state index contributed by atoms with van der Waals surface area (Å²) in [7, 11) is 1.65. The van der Waals surface area contributed by atoms with Crippen molar-refractivity contribution in [3.63, 3.8) is 0 Å². The number of carbonyl (C=O) groups excluding carboxylic acids is 1. The molecule has 86 valence electrons. The van der Waals surface area contributed by atoms with Gasteiger partial charge in [-0.25, -0.2) is 0 Å². The van der Waals surface area contributed by atoms with E-state index in [-0.39, 0.29) is 5.91 Å². The molecule has 0 heterocycles. The number of amides is 1. The fourth-order valence-corrected chi connectivity index (χ4v) is 0.737. The van der Waals surface area contributed by atoms with Crippen molar-refractivity contribution in [1.29, 1.82) is 0 Å². The Bertz CT molecular complexity index is 182. The topological polar surface area (TPSA) is 29.1 Å². The average molecular weight is 209 g/mol. The number of carbonyl (C=O) groups is 1. The summed E-state index contributed by atoms with van der Waals surface area (Å²) >= 11 is 0. The van der Waals surface area contributed by atoms with Crippen LogP contribution in [-0.2, 0) is 4.79 Å². The third-order valence-electron chi connectivity index (χ3n) is 1.42. The summed E-state index contributed by atoms with van der Waals surface area (Å²) in [6, 6.07) is 12.0. The maximum atomic E-state index is 10.3. The van der Waals surface area contributed by atoms with Gasteiger partial charge in [-0.1, -0.05) is 57.2 Å². The Hall–Kier alpha value is -1.31. The van der Waals surface area contributed by atoms with Gasteiger partial charge in [-0.05, 0) is 6.42 Å². The largest absolute Gasteiger partial charge is 0.359 e. The van der Waals surface area contributed by atoms with Crippen LogP contribution < -0.4 is 5.32 Å². The van der Waals surface area contributed by atoms with Crippen LogP contribution in [0.2, 0.25) is 0 Å². The van der Waals surface area contributed by atoms with Gasteiger partial charge >= 0.3 is 0 Å². The summed E-state index contributed by atoms with van der Waals surface area (Å²) in [5.74, 6) is 0.127. The van der Waals surface area contributed by atoms with Crippen LogP contribution in [0.25, 0.3) is 0 Å². The molecular weight excluding hydrogens is 186 g/mol. The third-order valence-corrected chi connectivity index (χ3v) is 1.42.